The quantitative estimate of drug-likeness (QED) is 0.440. The maximum Gasteiger partial charge on any atom is 0.279 e. The number of aromatic nitrogens is 5. The maximum absolute atomic E-state index is 13.7. The average molecular weight is 501 g/mol. The van der Waals surface area contributed by atoms with Crippen molar-refractivity contribution in [3.05, 3.63) is 75.3 Å². The average Bonchev–Trinajstić information content (AvgIpc) is 3.63. The Bertz CT molecular complexity index is 1580. The largest absolute Gasteiger partial charge is 0.353 e. The maximum atomic E-state index is 13.7. The number of pyridine rings is 1. The van der Waals surface area contributed by atoms with Crippen LogP contribution >= 0.6 is 11.6 Å². The molecule has 3 aliphatic carbocycles. The molecule has 0 amide bonds. The van der Waals surface area contributed by atoms with Gasteiger partial charge in [0.15, 0.2) is 0 Å². The van der Waals surface area contributed by atoms with Crippen LogP contribution in [-0.2, 0) is 19.0 Å². The van der Waals surface area contributed by atoms with E-state index in [0.29, 0.717) is 16.0 Å². The number of likely N-dealkylation sites (tertiary alicyclic amines) is 1. The van der Waals surface area contributed by atoms with E-state index >= 15 is 0 Å². The minimum atomic E-state index is -0.161. The number of fused-ring (bicyclic) bond motifs is 2. The van der Waals surface area contributed by atoms with Gasteiger partial charge in [0, 0.05) is 49.6 Å². The highest BCUT2D eigenvalue weighted by Gasteiger charge is 2.63. The summed E-state index contributed by atoms with van der Waals surface area (Å²) in [6, 6.07) is 10.4. The van der Waals surface area contributed by atoms with E-state index in [1.54, 1.807) is 17.1 Å². The van der Waals surface area contributed by atoms with Crippen LogP contribution in [0.3, 0.4) is 0 Å². The van der Waals surface area contributed by atoms with Gasteiger partial charge in [0.05, 0.1) is 10.4 Å². The highest BCUT2D eigenvalue weighted by atomic mass is 35.5. The van der Waals surface area contributed by atoms with Crippen LogP contribution in [0.1, 0.15) is 49.2 Å². The first-order chi connectivity index (χ1) is 17.4. The number of aryl methyl sites for hydroxylation is 1. The molecule has 1 N–H and O–H groups in total. The molecule has 1 saturated heterocycles. The number of nitrogens with one attached hydrogen (secondary N) is 1. The Morgan fingerprint density at radius 2 is 1.97 bits per heavy atom. The molecule has 3 aromatic heterocycles. The summed E-state index contributed by atoms with van der Waals surface area (Å²) < 4.78 is 3.73. The fourth-order valence-corrected chi connectivity index (χ4v) is 7.54. The number of benzene rings is 1. The van der Waals surface area contributed by atoms with Crippen LogP contribution in [0.25, 0.3) is 16.6 Å². The van der Waals surface area contributed by atoms with Gasteiger partial charge in [0.25, 0.3) is 5.56 Å². The van der Waals surface area contributed by atoms with Crippen LogP contribution < -0.4 is 5.56 Å². The minimum absolute atomic E-state index is 0.0675. The fraction of sp³-hybridized carbons (Fsp3) is 0.464. The molecule has 4 aromatic rings. The smallest absolute Gasteiger partial charge is 0.279 e. The van der Waals surface area contributed by atoms with Crippen LogP contribution in [0.15, 0.2) is 47.7 Å². The van der Waals surface area contributed by atoms with Gasteiger partial charge in [0.1, 0.15) is 17.7 Å². The fourth-order valence-electron chi connectivity index (χ4n) is 7.29. The van der Waals surface area contributed by atoms with Crippen molar-refractivity contribution in [2.24, 2.45) is 24.3 Å². The van der Waals surface area contributed by atoms with Crippen molar-refractivity contribution in [3.8, 4) is 5.69 Å². The third kappa shape index (κ3) is 3.05. The lowest BCUT2D eigenvalue weighted by Crippen LogP contribution is -2.45. The molecule has 1 aliphatic heterocycles. The second-order valence-electron chi connectivity index (χ2n) is 11.9. The van der Waals surface area contributed by atoms with E-state index in [1.807, 2.05) is 23.7 Å². The Balaban J connectivity index is 1.18. The molecule has 1 spiro atoms. The van der Waals surface area contributed by atoms with Gasteiger partial charge in [-0.25, -0.2) is 0 Å². The molecule has 2 atom stereocenters. The summed E-state index contributed by atoms with van der Waals surface area (Å²) in [5.41, 5.74) is 3.90. The first kappa shape index (κ1) is 21.2. The molecule has 4 heterocycles. The lowest BCUT2D eigenvalue weighted by molar-refractivity contribution is 0.145. The zero-order chi connectivity index (χ0) is 24.2. The lowest BCUT2D eigenvalue weighted by Gasteiger charge is -2.48. The van der Waals surface area contributed by atoms with Gasteiger partial charge >= 0.3 is 0 Å². The Labute approximate surface area is 214 Å². The van der Waals surface area contributed by atoms with Crippen molar-refractivity contribution in [2.45, 2.75) is 44.1 Å². The van der Waals surface area contributed by atoms with Crippen molar-refractivity contribution in [2.75, 3.05) is 13.1 Å². The number of rotatable bonds is 5. The zero-order valence-corrected chi connectivity index (χ0v) is 21.1. The van der Waals surface area contributed by atoms with Gasteiger partial charge in [-0.1, -0.05) is 23.7 Å². The monoisotopic (exact) mass is 500 g/mol. The van der Waals surface area contributed by atoms with E-state index in [-0.39, 0.29) is 11.0 Å². The molecular formula is C28H29ClN6O. The standard InChI is InChI=1S/C28H29ClN6O/c1-33-16-30-32-26(33)28(14-27(15-28)5-6-27)19-3-2-4-21(8-19)35-13-23(29)22-9-20(31-24(22)25(35)36)12-34-10-17-7-18(17)11-34/h2-4,8-9,13,16-18,31H,5-7,10-12,14-15H2,1H3. The molecule has 1 aromatic carbocycles. The summed E-state index contributed by atoms with van der Waals surface area (Å²) in [5, 5.41) is 10.1. The number of aromatic amines is 1. The molecule has 2 unspecified atom stereocenters. The highest BCUT2D eigenvalue weighted by molar-refractivity contribution is 6.35. The predicted molar refractivity (Wildman–Crippen MR) is 138 cm³/mol. The van der Waals surface area contributed by atoms with Crippen LogP contribution in [-0.4, -0.2) is 42.3 Å². The number of hydrogen-bond acceptors (Lipinski definition) is 4. The summed E-state index contributed by atoms with van der Waals surface area (Å²) >= 11 is 6.75. The van der Waals surface area contributed by atoms with E-state index in [1.165, 1.54) is 37.9 Å². The molecule has 8 rings (SSSR count). The van der Waals surface area contributed by atoms with Crippen LogP contribution in [0.5, 0.6) is 0 Å². The summed E-state index contributed by atoms with van der Waals surface area (Å²) in [5.74, 6) is 2.78. The molecule has 184 valence electrons. The first-order valence-corrected chi connectivity index (χ1v) is 13.4. The zero-order valence-electron chi connectivity index (χ0n) is 20.4. The molecule has 8 heteroatoms. The van der Waals surface area contributed by atoms with E-state index in [4.69, 9.17) is 11.6 Å². The minimum Gasteiger partial charge on any atom is -0.353 e. The van der Waals surface area contributed by atoms with E-state index < -0.39 is 0 Å². The molecule has 4 fully saturated rings. The summed E-state index contributed by atoms with van der Waals surface area (Å²) in [6.07, 6.45) is 9.71. The second-order valence-corrected chi connectivity index (χ2v) is 12.3. The molecular weight excluding hydrogens is 472 g/mol. The number of hydrogen-bond donors (Lipinski definition) is 1. The van der Waals surface area contributed by atoms with Crippen molar-refractivity contribution in [1.29, 1.82) is 0 Å². The van der Waals surface area contributed by atoms with Gasteiger partial charge in [-0.05, 0) is 73.1 Å². The van der Waals surface area contributed by atoms with Crippen molar-refractivity contribution < 1.29 is 0 Å². The Kier molecular flexibility index (Phi) is 4.19. The van der Waals surface area contributed by atoms with Gasteiger partial charge in [-0.15, -0.1) is 10.2 Å². The third-order valence-electron chi connectivity index (χ3n) is 9.38. The molecule has 0 bridgehead atoms. The lowest BCUT2D eigenvalue weighted by atomic mass is 9.56. The molecule has 0 radical (unpaired) electrons. The van der Waals surface area contributed by atoms with Crippen LogP contribution in [0.2, 0.25) is 5.02 Å². The van der Waals surface area contributed by atoms with Gasteiger partial charge in [-0.3, -0.25) is 14.3 Å². The first-order valence-electron chi connectivity index (χ1n) is 13.0. The molecule has 36 heavy (non-hydrogen) atoms. The summed E-state index contributed by atoms with van der Waals surface area (Å²) in [6.45, 7) is 3.17. The topological polar surface area (TPSA) is 71.7 Å². The summed E-state index contributed by atoms with van der Waals surface area (Å²) in [4.78, 5) is 19.6. The number of halogens is 1. The second kappa shape index (κ2) is 7.11. The highest BCUT2D eigenvalue weighted by Crippen LogP contribution is 2.70. The van der Waals surface area contributed by atoms with E-state index in [2.05, 4.69) is 38.3 Å². The molecule has 4 aliphatic rings. The molecule has 3 saturated carbocycles. The van der Waals surface area contributed by atoms with Gasteiger partial charge in [-0.2, -0.15) is 0 Å². The molecule has 7 nitrogen and oxygen atoms in total. The Hall–Kier alpha value is -2.90. The summed E-state index contributed by atoms with van der Waals surface area (Å²) in [7, 11) is 2.02. The Morgan fingerprint density at radius 1 is 1.17 bits per heavy atom. The van der Waals surface area contributed by atoms with E-state index in [9.17, 15) is 4.79 Å². The van der Waals surface area contributed by atoms with Crippen molar-refractivity contribution >= 4 is 22.5 Å². The number of H-pyrrole nitrogens is 1. The third-order valence-corrected chi connectivity index (χ3v) is 9.68. The van der Waals surface area contributed by atoms with Crippen LogP contribution in [0.4, 0.5) is 0 Å². The van der Waals surface area contributed by atoms with Crippen LogP contribution in [0, 0.1) is 17.3 Å². The SMILES string of the molecule is Cn1cnnc1C1(c2cccc(-n3cc(Cl)c4cc(CN5CC6CC6C5)[nH]c4c3=O)c2)CC2(CC2)C1. The normalized spacial score (nSPS) is 25.3. The number of nitrogens with zero attached hydrogens (tertiary/aromatic N) is 5. The Morgan fingerprint density at radius 3 is 2.69 bits per heavy atom. The van der Waals surface area contributed by atoms with Gasteiger partial charge < -0.3 is 9.55 Å². The van der Waals surface area contributed by atoms with Crippen molar-refractivity contribution in [3.63, 3.8) is 0 Å². The van der Waals surface area contributed by atoms with E-state index in [0.717, 1.165) is 53.8 Å². The van der Waals surface area contributed by atoms with Crippen molar-refractivity contribution in [1.82, 2.24) is 29.2 Å². The number of piperidine rings is 1. The predicted octanol–water partition coefficient (Wildman–Crippen LogP) is 4.41. The van der Waals surface area contributed by atoms with Gasteiger partial charge in [0.2, 0.25) is 0 Å².